The van der Waals surface area contributed by atoms with Gasteiger partial charge in [0.1, 0.15) is 11.4 Å². The molecule has 0 aliphatic heterocycles. The summed E-state index contributed by atoms with van der Waals surface area (Å²) in [4.78, 5) is 18.6. The summed E-state index contributed by atoms with van der Waals surface area (Å²) in [5, 5.41) is 5.27. The van der Waals surface area contributed by atoms with Gasteiger partial charge in [-0.2, -0.15) is 18.2 Å². The van der Waals surface area contributed by atoms with Gasteiger partial charge in [-0.3, -0.25) is 4.79 Å². The molecule has 0 aromatic carbocycles. The first kappa shape index (κ1) is 17.0. The second kappa shape index (κ2) is 6.15. The lowest BCUT2D eigenvalue weighted by molar-refractivity contribution is -0.141. The van der Waals surface area contributed by atoms with Crippen molar-refractivity contribution in [3.8, 4) is 0 Å². The Balaban J connectivity index is 3.16. The Kier molecular flexibility index (Phi) is 4.97. The van der Waals surface area contributed by atoms with Crippen LogP contribution in [-0.4, -0.2) is 28.0 Å². The maximum absolute atomic E-state index is 12.8. The average molecular weight is 305 g/mol. The zero-order chi connectivity index (χ0) is 16.3. The van der Waals surface area contributed by atoms with Crippen molar-refractivity contribution in [2.45, 2.75) is 38.9 Å². The van der Waals surface area contributed by atoms with Gasteiger partial charge in [0.15, 0.2) is 5.69 Å². The van der Waals surface area contributed by atoms with Gasteiger partial charge in [-0.05, 0) is 20.3 Å². The Morgan fingerprint density at radius 2 is 1.95 bits per heavy atom. The van der Waals surface area contributed by atoms with Crippen molar-refractivity contribution in [3.05, 3.63) is 11.8 Å². The standard InChI is InChI=1S/C12H18F3N5O/c1-4-5-17-10-18-7(12(13,14)15)6-8(19-10)20-11(2,3)9(16)21/h6H,4-5H2,1-3H3,(H2,16,21)(H2,17,18,19,20). The highest BCUT2D eigenvalue weighted by molar-refractivity contribution is 5.86. The van der Waals surface area contributed by atoms with E-state index in [0.717, 1.165) is 6.07 Å². The number of aromatic nitrogens is 2. The zero-order valence-electron chi connectivity index (χ0n) is 12.0. The Bertz CT molecular complexity index is 516. The van der Waals surface area contributed by atoms with E-state index in [1.54, 1.807) is 0 Å². The number of hydrogen-bond donors (Lipinski definition) is 3. The minimum Gasteiger partial charge on any atom is -0.368 e. The van der Waals surface area contributed by atoms with Crippen molar-refractivity contribution in [1.82, 2.24) is 9.97 Å². The van der Waals surface area contributed by atoms with Gasteiger partial charge >= 0.3 is 6.18 Å². The highest BCUT2D eigenvalue weighted by Crippen LogP contribution is 2.30. The third-order valence-electron chi connectivity index (χ3n) is 2.61. The summed E-state index contributed by atoms with van der Waals surface area (Å²) in [6, 6.07) is 0.738. The minimum atomic E-state index is -4.61. The van der Waals surface area contributed by atoms with Crippen LogP contribution in [0.4, 0.5) is 24.9 Å². The normalized spacial score (nSPS) is 12.1. The molecule has 21 heavy (non-hydrogen) atoms. The lowest BCUT2D eigenvalue weighted by atomic mass is 10.1. The molecular formula is C12H18F3N5O. The summed E-state index contributed by atoms with van der Waals surface area (Å²) >= 11 is 0. The van der Waals surface area contributed by atoms with E-state index < -0.39 is 23.3 Å². The van der Waals surface area contributed by atoms with Gasteiger partial charge in [-0.1, -0.05) is 6.92 Å². The number of nitrogens with two attached hydrogens (primary N) is 1. The molecule has 0 saturated heterocycles. The highest BCUT2D eigenvalue weighted by atomic mass is 19.4. The molecule has 0 bridgehead atoms. The van der Waals surface area contributed by atoms with Gasteiger partial charge in [0.25, 0.3) is 0 Å². The number of anilines is 2. The van der Waals surface area contributed by atoms with E-state index in [0.29, 0.717) is 13.0 Å². The molecule has 0 fully saturated rings. The summed E-state index contributed by atoms with van der Waals surface area (Å²) in [6.07, 6.45) is -3.91. The van der Waals surface area contributed by atoms with Crippen LogP contribution in [0.25, 0.3) is 0 Å². The van der Waals surface area contributed by atoms with Crippen LogP contribution in [-0.2, 0) is 11.0 Å². The van der Waals surface area contributed by atoms with Crippen LogP contribution in [0.15, 0.2) is 6.07 Å². The summed E-state index contributed by atoms with van der Waals surface area (Å²) < 4.78 is 38.5. The fourth-order valence-corrected chi connectivity index (χ4v) is 1.35. The molecule has 0 unspecified atom stereocenters. The Morgan fingerprint density at radius 3 is 2.43 bits per heavy atom. The lowest BCUT2D eigenvalue weighted by Gasteiger charge is -2.23. The summed E-state index contributed by atoms with van der Waals surface area (Å²) in [7, 11) is 0. The van der Waals surface area contributed by atoms with Gasteiger partial charge in [-0.15, -0.1) is 0 Å². The van der Waals surface area contributed by atoms with Crippen LogP contribution in [0, 0.1) is 0 Å². The SMILES string of the molecule is CCCNc1nc(NC(C)(C)C(N)=O)cc(C(F)(F)F)n1. The van der Waals surface area contributed by atoms with Gasteiger partial charge in [0.05, 0.1) is 0 Å². The number of amides is 1. The van der Waals surface area contributed by atoms with Crippen molar-refractivity contribution < 1.29 is 18.0 Å². The molecule has 1 heterocycles. The summed E-state index contributed by atoms with van der Waals surface area (Å²) in [5.74, 6) is -0.994. The molecule has 118 valence electrons. The molecule has 1 aromatic rings. The molecule has 0 saturated carbocycles. The summed E-state index contributed by atoms with van der Waals surface area (Å²) in [6.45, 7) is 5.18. The van der Waals surface area contributed by atoms with Gasteiger partial charge in [0, 0.05) is 12.6 Å². The van der Waals surface area contributed by atoms with E-state index in [1.807, 2.05) is 6.92 Å². The Labute approximate surface area is 120 Å². The number of rotatable bonds is 6. The largest absolute Gasteiger partial charge is 0.433 e. The highest BCUT2D eigenvalue weighted by Gasteiger charge is 2.34. The molecule has 1 amide bonds. The molecule has 0 radical (unpaired) electrons. The molecular weight excluding hydrogens is 287 g/mol. The van der Waals surface area contributed by atoms with Crippen LogP contribution in [0.3, 0.4) is 0 Å². The van der Waals surface area contributed by atoms with Crippen LogP contribution < -0.4 is 16.4 Å². The van der Waals surface area contributed by atoms with E-state index in [-0.39, 0.29) is 11.8 Å². The van der Waals surface area contributed by atoms with Crippen LogP contribution in [0.5, 0.6) is 0 Å². The van der Waals surface area contributed by atoms with Crippen molar-refractivity contribution in [2.75, 3.05) is 17.2 Å². The molecule has 6 nitrogen and oxygen atoms in total. The number of carbonyl (C=O) groups is 1. The molecule has 9 heteroatoms. The molecule has 0 spiro atoms. The predicted molar refractivity (Wildman–Crippen MR) is 72.7 cm³/mol. The van der Waals surface area contributed by atoms with Crippen molar-refractivity contribution in [1.29, 1.82) is 0 Å². The molecule has 1 rings (SSSR count). The lowest BCUT2D eigenvalue weighted by Crippen LogP contribution is -2.45. The number of carbonyl (C=O) groups excluding carboxylic acids is 1. The second-order valence-electron chi connectivity index (χ2n) is 5.00. The van der Waals surface area contributed by atoms with Crippen molar-refractivity contribution >= 4 is 17.7 Å². The van der Waals surface area contributed by atoms with Crippen LogP contribution in [0.2, 0.25) is 0 Å². The van der Waals surface area contributed by atoms with Crippen molar-refractivity contribution in [2.24, 2.45) is 5.73 Å². The number of primary amides is 1. The maximum atomic E-state index is 12.8. The Hall–Kier alpha value is -2.06. The van der Waals surface area contributed by atoms with Gasteiger partial charge < -0.3 is 16.4 Å². The quantitative estimate of drug-likeness (QED) is 0.747. The molecule has 0 aliphatic carbocycles. The number of halogens is 3. The van der Waals surface area contributed by atoms with Gasteiger partial charge in [0.2, 0.25) is 11.9 Å². The predicted octanol–water partition coefficient (Wildman–Crippen LogP) is 1.99. The second-order valence-corrected chi connectivity index (χ2v) is 5.00. The maximum Gasteiger partial charge on any atom is 0.433 e. The number of nitrogens with zero attached hydrogens (tertiary/aromatic N) is 2. The zero-order valence-corrected chi connectivity index (χ0v) is 12.0. The number of nitrogens with one attached hydrogen (secondary N) is 2. The third kappa shape index (κ3) is 4.76. The van der Waals surface area contributed by atoms with E-state index in [4.69, 9.17) is 5.73 Å². The Morgan fingerprint density at radius 1 is 1.33 bits per heavy atom. The summed E-state index contributed by atoms with van der Waals surface area (Å²) in [5.41, 5.74) is 2.84. The van der Waals surface area contributed by atoms with E-state index in [1.165, 1.54) is 13.8 Å². The first-order valence-electron chi connectivity index (χ1n) is 6.34. The average Bonchev–Trinajstić information content (AvgIpc) is 2.34. The van der Waals surface area contributed by atoms with Crippen LogP contribution in [0.1, 0.15) is 32.9 Å². The molecule has 0 aliphatic rings. The molecule has 4 N–H and O–H groups in total. The van der Waals surface area contributed by atoms with E-state index >= 15 is 0 Å². The minimum absolute atomic E-state index is 0.125. The van der Waals surface area contributed by atoms with Gasteiger partial charge in [-0.25, -0.2) is 4.98 Å². The topological polar surface area (TPSA) is 92.9 Å². The molecule has 0 atom stereocenters. The van der Waals surface area contributed by atoms with Crippen molar-refractivity contribution in [3.63, 3.8) is 0 Å². The number of alkyl halides is 3. The smallest absolute Gasteiger partial charge is 0.368 e. The fraction of sp³-hybridized carbons (Fsp3) is 0.583. The van der Waals surface area contributed by atoms with E-state index in [2.05, 4.69) is 20.6 Å². The fourth-order valence-electron chi connectivity index (χ4n) is 1.35. The van der Waals surface area contributed by atoms with Crippen LogP contribution >= 0.6 is 0 Å². The van der Waals surface area contributed by atoms with E-state index in [9.17, 15) is 18.0 Å². The number of hydrogen-bond acceptors (Lipinski definition) is 5. The third-order valence-corrected chi connectivity index (χ3v) is 2.61. The molecule has 1 aromatic heterocycles. The first-order valence-corrected chi connectivity index (χ1v) is 6.34. The first-order chi connectivity index (χ1) is 9.56. The monoisotopic (exact) mass is 305 g/mol.